The van der Waals surface area contributed by atoms with Crippen LogP contribution in [0.15, 0.2) is 71.7 Å². The zero-order chi connectivity index (χ0) is 22.0. The van der Waals surface area contributed by atoms with Gasteiger partial charge in [-0.15, -0.1) is 0 Å². The molecule has 0 spiro atoms. The van der Waals surface area contributed by atoms with E-state index in [1.54, 1.807) is 0 Å². The number of rotatable bonds is 7. The fraction of sp³-hybridized carbons (Fsp3) is 0.310. The molecule has 158 valence electrons. The van der Waals surface area contributed by atoms with E-state index in [9.17, 15) is 4.79 Å². The predicted octanol–water partition coefficient (Wildman–Crippen LogP) is 7.22. The number of fused-ring (bicyclic) bond motifs is 3. The van der Waals surface area contributed by atoms with E-state index < -0.39 is 0 Å². The lowest BCUT2D eigenvalue weighted by Crippen LogP contribution is -2.25. The van der Waals surface area contributed by atoms with E-state index in [0.29, 0.717) is 0 Å². The summed E-state index contributed by atoms with van der Waals surface area (Å²) in [7, 11) is 1.85. The Bertz CT molecular complexity index is 1130. The zero-order valence-electron chi connectivity index (χ0n) is 19.0. The number of nitrogens with zero attached hydrogens (tertiary/aromatic N) is 1. The first-order chi connectivity index (χ1) is 15.1. The van der Waals surface area contributed by atoms with Gasteiger partial charge < -0.3 is 0 Å². The molecule has 0 N–H and O–H groups in total. The molecule has 3 aromatic carbocycles. The third-order valence-electron chi connectivity index (χ3n) is 6.77. The highest BCUT2D eigenvalue weighted by Crippen LogP contribution is 2.54. The fourth-order valence-corrected chi connectivity index (χ4v) is 5.26. The molecule has 0 heterocycles. The highest BCUT2D eigenvalue weighted by atomic mass is 16.1. The van der Waals surface area contributed by atoms with Gasteiger partial charge in [0.05, 0.1) is 0 Å². The van der Waals surface area contributed by atoms with Crippen molar-refractivity contribution in [2.75, 3.05) is 7.05 Å². The van der Waals surface area contributed by atoms with Gasteiger partial charge in [-0.05, 0) is 59.7 Å². The summed E-state index contributed by atoms with van der Waals surface area (Å²) in [4.78, 5) is 17.6. The second-order valence-electron chi connectivity index (χ2n) is 8.61. The number of carbonyl (C=O) groups excluding carboxylic acids is 1. The smallest absolute Gasteiger partial charge is 0.193 e. The summed E-state index contributed by atoms with van der Waals surface area (Å²) >= 11 is 0. The zero-order valence-corrected chi connectivity index (χ0v) is 19.0. The number of ketones is 1. The molecular formula is C29H31NO. The molecule has 0 saturated carbocycles. The molecule has 1 aliphatic carbocycles. The topological polar surface area (TPSA) is 29.4 Å². The summed E-state index contributed by atoms with van der Waals surface area (Å²) in [5, 5.41) is 0. The van der Waals surface area contributed by atoms with Gasteiger partial charge in [0.15, 0.2) is 5.78 Å². The van der Waals surface area contributed by atoms with Crippen LogP contribution in [-0.2, 0) is 5.41 Å². The van der Waals surface area contributed by atoms with Crippen LogP contribution < -0.4 is 0 Å². The van der Waals surface area contributed by atoms with Crippen LogP contribution in [-0.4, -0.2) is 18.5 Å². The van der Waals surface area contributed by atoms with Gasteiger partial charge >= 0.3 is 0 Å². The molecule has 0 saturated heterocycles. The van der Waals surface area contributed by atoms with Crippen molar-refractivity contribution < 1.29 is 4.79 Å². The number of hydrogen-bond donors (Lipinski definition) is 0. The summed E-state index contributed by atoms with van der Waals surface area (Å²) in [5.41, 5.74) is 9.01. The molecule has 0 radical (unpaired) electrons. The van der Waals surface area contributed by atoms with Gasteiger partial charge in [-0.2, -0.15) is 0 Å². The molecule has 0 bridgehead atoms. The summed E-state index contributed by atoms with van der Waals surface area (Å²) in [5.74, 6) is 0.0934. The van der Waals surface area contributed by atoms with Gasteiger partial charge in [-0.3, -0.25) is 9.79 Å². The normalized spacial score (nSPS) is 14.3. The Hall–Kier alpha value is -3.00. The molecule has 2 heteroatoms. The monoisotopic (exact) mass is 409 g/mol. The van der Waals surface area contributed by atoms with Crippen LogP contribution in [0.4, 0.5) is 0 Å². The lowest BCUT2D eigenvalue weighted by atomic mass is 9.71. The molecule has 3 aromatic rings. The lowest BCUT2D eigenvalue weighted by molar-refractivity contribution is 0.103. The first kappa shape index (κ1) is 21.2. The van der Waals surface area contributed by atoms with Crippen LogP contribution in [0, 0.1) is 0 Å². The highest BCUT2D eigenvalue weighted by molar-refractivity contribution is 6.09. The van der Waals surface area contributed by atoms with E-state index in [0.717, 1.165) is 42.5 Å². The predicted molar refractivity (Wildman–Crippen MR) is 130 cm³/mol. The maximum absolute atomic E-state index is 13.2. The Balaban J connectivity index is 1.91. The van der Waals surface area contributed by atoms with Crippen molar-refractivity contribution in [3.05, 3.63) is 94.5 Å². The van der Waals surface area contributed by atoms with Crippen molar-refractivity contribution in [2.24, 2.45) is 4.99 Å². The average Bonchev–Trinajstić information content (AvgIpc) is 3.07. The Kier molecular flexibility index (Phi) is 5.91. The van der Waals surface area contributed by atoms with E-state index in [4.69, 9.17) is 0 Å². The summed E-state index contributed by atoms with van der Waals surface area (Å²) in [6.07, 6.45) is 4.35. The van der Waals surface area contributed by atoms with Crippen LogP contribution in [0.2, 0.25) is 0 Å². The molecule has 31 heavy (non-hydrogen) atoms. The molecule has 1 aliphatic rings. The third kappa shape index (κ3) is 3.54. The van der Waals surface area contributed by atoms with E-state index >= 15 is 0 Å². The molecule has 0 aliphatic heterocycles. The minimum Gasteiger partial charge on any atom is -0.293 e. The minimum absolute atomic E-state index is 0.0504. The first-order valence-electron chi connectivity index (χ1n) is 11.4. The van der Waals surface area contributed by atoms with E-state index in [1.807, 2.05) is 43.4 Å². The molecule has 0 unspecified atom stereocenters. The van der Waals surface area contributed by atoms with Gasteiger partial charge in [0, 0.05) is 29.3 Å². The first-order valence-corrected chi connectivity index (χ1v) is 11.4. The lowest BCUT2D eigenvalue weighted by Gasteiger charge is -2.32. The molecule has 4 rings (SSSR count). The number of hydrogen-bond acceptors (Lipinski definition) is 2. The molecule has 0 fully saturated rings. The Labute approximate surface area is 186 Å². The number of aliphatic imine (C=N–C) groups is 1. The van der Waals surface area contributed by atoms with Gasteiger partial charge in [0.25, 0.3) is 0 Å². The van der Waals surface area contributed by atoms with Crippen molar-refractivity contribution in [3.63, 3.8) is 0 Å². The summed E-state index contributed by atoms with van der Waals surface area (Å²) in [6.45, 7) is 6.59. The van der Waals surface area contributed by atoms with Crippen molar-refractivity contribution in [2.45, 2.75) is 51.9 Å². The number of benzene rings is 3. The Morgan fingerprint density at radius 2 is 1.32 bits per heavy atom. The largest absolute Gasteiger partial charge is 0.293 e. The fourth-order valence-electron chi connectivity index (χ4n) is 5.26. The van der Waals surface area contributed by atoms with Gasteiger partial charge in [-0.1, -0.05) is 81.3 Å². The van der Waals surface area contributed by atoms with Crippen molar-refractivity contribution >= 4 is 11.5 Å². The number of carbonyl (C=O) groups is 1. The highest BCUT2D eigenvalue weighted by Gasteiger charge is 2.42. The van der Waals surface area contributed by atoms with E-state index in [-0.39, 0.29) is 11.2 Å². The third-order valence-corrected chi connectivity index (χ3v) is 6.77. The van der Waals surface area contributed by atoms with E-state index in [2.05, 4.69) is 56.1 Å². The standard InChI is InChI=1S/C29H31NO/c1-5-16-29(17-6-2)26-18-22(20(3)30-4)12-14-24(26)25-15-13-23(19-27(25)29)28(31)21-10-8-7-9-11-21/h7-15,18-19H,5-6,16-17H2,1-4H3. The summed E-state index contributed by atoms with van der Waals surface area (Å²) in [6, 6.07) is 22.7. The SMILES string of the molecule is CCCC1(CCC)c2cc(C(=O)c3ccccc3)ccc2-c2ccc(C(C)=NC)cc21. The van der Waals surface area contributed by atoms with Crippen molar-refractivity contribution in [1.82, 2.24) is 0 Å². The van der Waals surface area contributed by atoms with Crippen molar-refractivity contribution in [3.8, 4) is 11.1 Å². The van der Waals surface area contributed by atoms with Gasteiger partial charge in [0.2, 0.25) is 0 Å². The maximum Gasteiger partial charge on any atom is 0.193 e. The second-order valence-corrected chi connectivity index (χ2v) is 8.61. The van der Waals surface area contributed by atoms with Crippen LogP contribution in [0.1, 0.15) is 79.1 Å². The molecule has 0 amide bonds. The van der Waals surface area contributed by atoms with Crippen LogP contribution in [0.3, 0.4) is 0 Å². The molecule has 0 aromatic heterocycles. The van der Waals surface area contributed by atoms with Crippen LogP contribution in [0.5, 0.6) is 0 Å². The molecular weight excluding hydrogens is 378 g/mol. The van der Waals surface area contributed by atoms with Gasteiger partial charge in [-0.25, -0.2) is 0 Å². The van der Waals surface area contributed by atoms with E-state index in [1.165, 1.54) is 27.8 Å². The molecule has 0 atom stereocenters. The average molecular weight is 410 g/mol. The Morgan fingerprint density at radius 1 is 0.774 bits per heavy atom. The second kappa shape index (κ2) is 8.63. The Morgan fingerprint density at radius 3 is 1.87 bits per heavy atom. The van der Waals surface area contributed by atoms with Gasteiger partial charge in [0.1, 0.15) is 0 Å². The summed E-state index contributed by atoms with van der Waals surface area (Å²) < 4.78 is 0. The van der Waals surface area contributed by atoms with Crippen molar-refractivity contribution in [1.29, 1.82) is 0 Å². The molecule has 2 nitrogen and oxygen atoms in total. The van der Waals surface area contributed by atoms with Crippen LogP contribution >= 0.6 is 0 Å². The quantitative estimate of drug-likeness (QED) is 0.299. The maximum atomic E-state index is 13.2. The minimum atomic E-state index is -0.0504. The van der Waals surface area contributed by atoms with Crippen LogP contribution in [0.25, 0.3) is 11.1 Å².